The van der Waals surface area contributed by atoms with Crippen molar-refractivity contribution in [2.24, 2.45) is 5.92 Å². The number of carbonyl (C=O) groups is 1. The molecule has 0 radical (unpaired) electrons. The van der Waals surface area contributed by atoms with Crippen LogP contribution in [0.3, 0.4) is 0 Å². The standard InChI is InChI=1S/C18H23N3O2S/c1-2-5-17(22)20-10-3-6-14(12-20)13-21-18(23)9-8-15(19-21)16-7-4-11-24-16/h4,7-9,11,14H,2-3,5-6,10,12-13H2,1H3/t14-/m1/s1. The normalized spacial score (nSPS) is 17.9. The van der Waals surface area contributed by atoms with E-state index in [1.54, 1.807) is 28.2 Å². The van der Waals surface area contributed by atoms with E-state index in [0.717, 1.165) is 42.9 Å². The van der Waals surface area contributed by atoms with Crippen LogP contribution in [0.15, 0.2) is 34.4 Å². The van der Waals surface area contributed by atoms with Crippen LogP contribution in [0, 0.1) is 5.92 Å². The Morgan fingerprint density at radius 3 is 3.00 bits per heavy atom. The number of aromatic nitrogens is 2. The van der Waals surface area contributed by atoms with Crippen molar-refractivity contribution in [3.8, 4) is 10.6 Å². The molecule has 2 aromatic rings. The molecule has 2 aromatic heterocycles. The highest BCUT2D eigenvalue weighted by Gasteiger charge is 2.24. The number of rotatable bonds is 5. The van der Waals surface area contributed by atoms with E-state index >= 15 is 0 Å². The topological polar surface area (TPSA) is 55.2 Å². The number of hydrogen-bond donors (Lipinski definition) is 0. The van der Waals surface area contributed by atoms with E-state index in [9.17, 15) is 9.59 Å². The Morgan fingerprint density at radius 1 is 1.38 bits per heavy atom. The Kier molecular flexibility index (Phi) is 5.45. The lowest BCUT2D eigenvalue weighted by Gasteiger charge is -2.32. The van der Waals surface area contributed by atoms with Gasteiger partial charge in [0.05, 0.1) is 4.88 Å². The van der Waals surface area contributed by atoms with E-state index in [4.69, 9.17) is 0 Å². The van der Waals surface area contributed by atoms with Crippen LogP contribution in [0.2, 0.25) is 0 Å². The molecule has 3 rings (SSSR count). The van der Waals surface area contributed by atoms with Crippen molar-refractivity contribution in [3.63, 3.8) is 0 Å². The molecule has 0 bridgehead atoms. The van der Waals surface area contributed by atoms with Gasteiger partial charge in [0.1, 0.15) is 5.69 Å². The second-order valence-electron chi connectivity index (χ2n) is 6.31. The predicted molar refractivity (Wildman–Crippen MR) is 96.0 cm³/mol. The lowest BCUT2D eigenvalue weighted by molar-refractivity contribution is -0.133. The molecule has 1 amide bonds. The molecule has 0 unspecified atom stereocenters. The third kappa shape index (κ3) is 3.93. The molecule has 0 spiro atoms. The van der Waals surface area contributed by atoms with Crippen LogP contribution in [0.4, 0.5) is 0 Å². The average molecular weight is 345 g/mol. The van der Waals surface area contributed by atoms with Crippen molar-refractivity contribution in [3.05, 3.63) is 40.0 Å². The van der Waals surface area contributed by atoms with E-state index in [-0.39, 0.29) is 11.5 Å². The van der Waals surface area contributed by atoms with Crippen molar-refractivity contribution in [2.45, 2.75) is 39.2 Å². The number of likely N-dealkylation sites (tertiary alicyclic amines) is 1. The first-order chi connectivity index (χ1) is 11.7. The number of carbonyl (C=O) groups excluding carboxylic acids is 1. The minimum Gasteiger partial charge on any atom is -0.342 e. The third-order valence-electron chi connectivity index (χ3n) is 4.41. The summed E-state index contributed by atoms with van der Waals surface area (Å²) in [4.78, 5) is 27.3. The summed E-state index contributed by atoms with van der Waals surface area (Å²) in [6.07, 6.45) is 3.52. The molecule has 3 heterocycles. The van der Waals surface area contributed by atoms with Crippen LogP contribution in [0.5, 0.6) is 0 Å². The lowest BCUT2D eigenvalue weighted by atomic mass is 9.97. The Hall–Kier alpha value is -1.95. The molecule has 24 heavy (non-hydrogen) atoms. The first-order valence-corrected chi connectivity index (χ1v) is 9.45. The van der Waals surface area contributed by atoms with Gasteiger partial charge in [0.25, 0.3) is 5.56 Å². The first-order valence-electron chi connectivity index (χ1n) is 8.57. The van der Waals surface area contributed by atoms with E-state index in [1.165, 1.54) is 0 Å². The summed E-state index contributed by atoms with van der Waals surface area (Å²) in [7, 11) is 0. The monoisotopic (exact) mass is 345 g/mol. The molecule has 1 fully saturated rings. The second kappa shape index (κ2) is 7.75. The maximum Gasteiger partial charge on any atom is 0.266 e. The highest BCUT2D eigenvalue weighted by molar-refractivity contribution is 7.13. The zero-order valence-electron chi connectivity index (χ0n) is 14.0. The van der Waals surface area contributed by atoms with Crippen LogP contribution < -0.4 is 5.56 Å². The minimum absolute atomic E-state index is 0.0766. The molecule has 128 valence electrons. The van der Waals surface area contributed by atoms with Gasteiger partial charge in [0.2, 0.25) is 5.91 Å². The largest absolute Gasteiger partial charge is 0.342 e. The van der Waals surface area contributed by atoms with Crippen LogP contribution in [0.25, 0.3) is 10.6 Å². The quantitative estimate of drug-likeness (QED) is 0.837. The lowest BCUT2D eigenvalue weighted by Crippen LogP contribution is -2.42. The van der Waals surface area contributed by atoms with Gasteiger partial charge >= 0.3 is 0 Å². The highest BCUT2D eigenvalue weighted by atomic mass is 32.1. The molecule has 6 heteroatoms. The summed E-state index contributed by atoms with van der Waals surface area (Å²) in [6.45, 7) is 4.18. The molecule has 1 atom stereocenters. The molecular formula is C18H23N3O2S. The zero-order valence-corrected chi connectivity index (χ0v) is 14.8. The maximum atomic E-state index is 12.2. The van der Waals surface area contributed by atoms with Gasteiger partial charge in [0.15, 0.2) is 0 Å². The van der Waals surface area contributed by atoms with Crippen molar-refractivity contribution >= 4 is 17.2 Å². The van der Waals surface area contributed by atoms with Crippen molar-refractivity contribution in [1.29, 1.82) is 0 Å². The summed E-state index contributed by atoms with van der Waals surface area (Å²) in [5.74, 6) is 0.526. The van der Waals surface area contributed by atoms with Crippen LogP contribution in [0.1, 0.15) is 32.6 Å². The fraction of sp³-hybridized carbons (Fsp3) is 0.500. The zero-order chi connectivity index (χ0) is 16.9. The fourth-order valence-corrected chi connectivity index (χ4v) is 3.88. The van der Waals surface area contributed by atoms with Crippen molar-refractivity contribution in [1.82, 2.24) is 14.7 Å². The summed E-state index contributed by atoms with van der Waals surface area (Å²) >= 11 is 1.62. The SMILES string of the molecule is CCCC(=O)N1CCC[C@@H](Cn2nc(-c3cccs3)ccc2=O)C1. The van der Waals surface area contributed by atoms with E-state index in [1.807, 2.05) is 29.3 Å². The van der Waals surface area contributed by atoms with Gasteiger partial charge in [-0.25, -0.2) is 4.68 Å². The van der Waals surface area contributed by atoms with E-state index < -0.39 is 0 Å². The highest BCUT2D eigenvalue weighted by Crippen LogP contribution is 2.22. The molecule has 0 aromatic carbocycles. The Balaban J connectivity index is 1.72. The number of thiophene rings is 1. The van der Waals surface area contributed by atoms with Crippen LogP contribution in [-0.2, 0) is 11.3 Å². The molecule has 1 aliphatic rings. The third-order valence-corrected chi connectivity index (χ3v) is 5.30. The summed E-state index contributed by atoms with van der Waals surface area (Å²) in [5, 5.41) is 6.53. The number of piperidine rings is 1. The molecule has 0 saturated carbocycles. The van der Waals surface area contributed by atoms with Gasteiger partial charge in [0, 0.05) is 32.1 Å². The first kappa shape index (κ1) is 16.9. The fourth-order valence-electron chi connectivity index (χ4n) is 3.19. The van der Waals surface area contributed by atoms with Crippen LogP contribution >= 0.6 is 11.3 Å². The maximum absolute atomic E-state index is 12.2. The summed E-state index contributed by atoms with van der Waals surface area (Å²) < 4.78 is 1.56. The summed E-state index contributed by atoms with van der Waals surface area (Å²) in [5.41, 5.74) is 0.756. The molecule has 5 nitrogen and oxygen atoms in total. The van der Waals surface area contributed by atoms with Gasteiger partial charge in [-0.2, -0.15) is 5.10 Å². The smallest absolute Gasteiger partial charge is 0.266 e. The van der Waals surface area contributed by atoms with Crippen molar-refractivity contribution < 1.29 is 4.79 Å². The second-order valence-corrected chi connectivity index (χ2v) is 7.26. The molecular weight excluding hydrogens is 322 g/mol. The Bertz CT molecular complexity index is 739. The van der Waals surface area contributed by atoms with Gasteiger partial charge in [-0.05, 0) is 42.7 Å². The Labute approximate surface area is 145 Å². The van der Waals surface area contributed by atoms with E-state index in [0.29, 0.717) is 18.9 Å². The number of hydrogen-bond acceptors (Lipinski definition) is 4. The molecule has 0 N–H and O–H groups in total. The number of amides is 1. The molecule has 1 aliphatic heterocycles. The van der Waals surface area contributed by atoms with Gasteiger partial charge in [-0.3, -0.25) is 9.59 Å². The Morgan fingerprint density at radius 2 is 2.25 bits per heavy atom. The van der Waals surface area contributed by atoms with Gasteiger partial charge < -0.3 is 4.90 Å². The molecule has 0 aliphatic carbocycles. The summed E-state index contributed by atoms with van der Waals surface area (Å²) in [6, 6.07) is 7.36. The van der Waals surface area contributed by atoms with Gasteiger partial charge in [-0.1, -0.05) is 13.0 Å². The van der Waals surface area contributed by atoms with Crippen molar-refractivity contribution in [2.75, 3.05) is 13.1 Å². The minimum atomic E-state index is -0.0766. The predicted octanol–water partition coefficient (Wildman–Crippen LogP) is 3.01. The van der Waals surface area contributed by atoms with E-state index in [2.05, 4.69) is 5.10 Å². The van der Waals surface area contributed by atoms with Gasteiger partial charge in [-0.15, -0.1) is 11.3 Å². The number of nitrogens with zero attached hydrogens (tertiary/aromatic N) is 3. The van der Waals surface area contributed by atoms with Crippen LogP contribution in [-0.4, -0.2) is 33.7 Å². The average Bonchev–Trinajstić information content (AvgIpc) is 3.12. The molecule has 1 saturated heterocycles.